The van der Waals surface area contributed by atoms with Crippen LogP contribution < -0.4 is 0 Å². The molecule has 0 N–H and O–H groups in total. The third kappa shape index (κ3) is 2.37. The SMILES string of the molecule is COCc1nn2c(-c3ccco3)ccnc2c1-c1ccc(F)cc1. The van der Waals surface area contributed by atoms with E-state index in [9.17, 15) is 4.39 Å². The number of ether oxygens (including phenoxy) is 1. The molecule has 120 valence electrons. The van der Waals surface area contributed by atoms with E-state index in [1.165, 1.54) is 12.1 Å². The summed E-state index contributed by atoms with van der Waals surface area (Å²) in [4.78, 5) is 4.46. The van der Waals surface area contributed by atoms with Crippen LogP contribution in [-0.4, -0.2) is 21.7 Å². The molecule has 3 aromatic heterocycles. The van der Waals surface area contributed by atoms with E-state index in [0.717, 1.165) is 22.5 Å². The van der Waals surface area contributed by atoms with Crippen molar-refractivity contribution >= 4 is 5.65 Å². The Morgan fingerprint density at radius 1 is 1.17 bits per heavy atom. The summed E-state index contributed by atoms with van der Waals surface area (Å²) >= 11 is 0. The second-order valence-electron chi connectivity index (χ2n) is 5.30. The van der Waals surface area contributed by atoms with Gasteiger partial charge < -0.3 is 9.15 Å². The molecule has 5 nitrogen and oxygen atoms in total. The van der Waals surface area contributed by atoms with Gasteiger partial charge in [-0.3, -0.25) is 0 Å². The molecule has 0 radical (unpaired) electrons. The summed E-state index contributed by atoms with van der Waals surface area (Å²) in [6.07, 6.45) is 3.32. The molecule has 0 atom stereocenters. The lowest BCUT2D eigenvalue weighted by Crippen LogP contribution is -1.95. The second kappa shape index (κ2) is 5.90. The Labute approximate surface area is 137 Å². The van der Waals surface area contributed by atoms with Crippen molar-refractivity contribution in [1.29, 1.82) is 0 Å². The van der Waals surface area contributed by atoms with Crippen LogP contribution in [0.25, 0.3) is 28.2 Å². The van der Waals surface area contributed by atoms with Crippen LogP contribution in [0.4, 0.5) is 4.39 Å². The Morgan fingerprint density at radius 3 is 2.71 bits per heavy atom. The highest BCUT2D eigenvalue weighted by molar-refractivity contribution is 5.81. The van der Waals surface area contributed by atoms with Gasteiger partial charge in [-0.2, -0.15) is 5.10 Å². The van der Waals surface area contributed by atoms with Gasteiger partial charge in [0, 0.05) is 13.3 Å². The maximum absolute atomic E-state index is 13.3. The number of aromatic nitrogens is 3. The predicted molar refractivity (Wildman–Crippen MR) is 86.8 cm³/mol. The number of halogens is 1. The number of fused-ring (bicyclic) bond motifs is 1. The molecule has 0 aliphatic heterocycles. The number of methoxy groups -OCH3 is 1. The number of furan rings is 1. The normalized spacial score (nSPS) is 11.2. The van der Waals surface area contributed by atoms with Crippen molar-refractivity contribution in [1.82, 2.24) is 14.6 Å². The molecule has 0 unspecified atom stereocenters. The first-order valence-corrected chi connectivity index (χ1v) is 7.43. The minimum atomic E-state index is -0.284. The van der Waals surface area contributed by atoms with Gasteiger partial charge in [0.25, 0.3) is 0 Å². The summed E-state index contributed by atoms with van der Waals surface area (Å²) < 4.78 is 25.8. The van der Waals surface area contributed by atoms with Gasteiger partial charge in [0.1, 0.15) is 11.5 Å². The Bertz CT molecular complexity index is 976. The lowest BCUT2D eigenvalue weighted by molar-refractivity contribution is 0.181. The summed E-state index contributed by atoms with van der Waals surface area (Å²) in [7, 11) is 1.61. The number of hydrogen-bond acceptors (Lipinski definition) is 4. The van der Waals surface area contributed by atoms with Gasteiger partial charge in [-0.15, -0.1) is 0 Å². The molecule has 0 fully saturated rings. The first-order chi connectivity index (χ1) is 11.8. The number of nitrogens with zero attached hydrogens (tertiary/aromatic N) is 3. The van der Waals surface area contributed by atoms with Crippen molar-refractivity contribution in [2.24, 2.45) is 0 Å². The predicted octanol–water partition coefficient (Wildman–Crippen LogP) is 3.94. The topological polar surface area (TPSA) is 52.6 Å². The number of rotatable bonds is 4. The van der Waals surface area contributed by atoms with Gasteiger partial charge in [-0.25, -0.2) is 13.9 Å². The summed E-state index contributed by atoms with van der Waals surface area (Å²) in [5, 5.41) is 4.63. The van der Waals surface area contributed by atoms with Crippen LogP contribution in [0.15, 0.2) is 59.3 Å². The molecule has 1 aromatic carbocycles. The Balaban J connectivity index is 1.99. The van der Waals surface area contributed by atoms with Crippen LogP contribution >= 0.6 is 0 Å². The molecule has 24 heavy (non-hydrogen) atoms. The average Bonchev–Trinajstić information content (AvgIpc) is 3.23. The first kappa shape index (κ1) is 14.6. The third-order valence-corrected chi connectivity index (χ3v) is 3.78. The van der Waals surface area contributed by atoms with Crippen LogP contribution in [0.3, 0.4) is 0 Å². The maximum Gasteiger partial charge on any atom is 0.164 e. The smallest absolute Gasteiger partial charge is 0.164 e. The van der Waals surface area contributed by atoms with Crippen LogP contribution in [0.2, 0.25) is 0 Å². The third-order valence-electron chi connectivity index (χ3n) is 3.78. The lowest BCUT2D eigenvalue weighted by Gasteiger charge is -2.03. The van der Waals surface area contributed by atoms with Crippen LogP contribution in [0.1, 0.15) is 5.69 Å². The van der Waals surface area contributed by atoms with Gasteiger partial charge in [-0.05, 0) is 35.9 Å². The lowest BCUT2D eigenvalue weighted by atomic mass is 10.1. The van der Waals surface area contributed by atoms with Gasteiger partial charge in [0.2, 0.25) is 0 Å². The Kier molecular flexibility index (Phi) is 3.59. The van der Waals surface area contributed by atoms with E-state index in [0.29, 0.717) is 18.0 Å². The fourth-order valence-corrected chi connectivity index (χ4v) is 2.75. The molecule has 6 heteroatoms. The number of hydrogen-bond donors (Lipinski definition) is 0. The minimum absolute atomic E-state index is 0.284. The number of benzene rings is 1. The molecule has 4 rings (SSSR count). The van der Waals surface area contributed by atoms with Crippen molar-refractivity contribution in [3.05, 3.63) is 66.4 Å². The molecule has 0 aliphatic carbocycles. The monoisotopic (exact) mass is 323 g/mol. The summed E-state index contributed by atoms with van der Waals surface area (Å²) in [6.45, 7) is 0.327. The van der Waals surface area contributed by atoms with Gasteiger partial charge >= 0.3 is 0 Å². The summed E-state index contributed by atoms with van der Waals surface area (Å²) in [5.41, 5.74) is 3.85. The van der Waals surface area contributed by atoms with E-state index in [2.05, 4.69) is 10.1 Å². The standard InChI is InChI=1S/C18H14FN3O2/c1-23-11-14-17(12-4-6-13(19)7-5-12)18-20-9-8-15(22(18)21-14)16-3-2-10-24-16/h2-10H,11H2,1H3. The highest BCUT2D eigenvalue weighted by atomic mass is 19.1. The largest absolute Gasteiger partial charge is 0.463 e. The average molecular weight is 323 g/mol. The molecule has 0 saturated heterocycles. The van der Waals surface area contributed by atoms with E-state index in [1.807, 2.05) is 18.2 Å². The van der Waals surface area contributed by atoms with E-state index in [1.54, 1.807) is 36.2 Å². The first-order valence-electron chi connectivity index (χ1n) is 7.43. The molecule has 0 aliphatic rings. The van der Waals surface area contributed by atoms with E-state index < -0.39 is 0 Å². The molecular formula is C18H14FN3O2. The van der Waals surface area contributed by atoms with Crippen molar-refractivity contribution in [2.75, 3.05) is 7.11 Å². The molecule has 0 amide bonds. The summed E-state index contributed by atoms with van der Waals surface area (Å²) in [5.74, 6) is 0.410. The van der Waals surface area contributed by atoms with Crippen molar-refractivity contribution in [3.8, 4) is 22.6 Å². The zero-order chi connectivity index (χ0) is 16.5. The zero-order valence-electron chi connectivity index (χ0n) is 12.9. The minimum Gasteiger partial charge on any atom is -0.463 e. The van der Waals surface area contributed by atoms with Crippen molar-refractivity contribution in [3.63, 3.8) is 0 Å². The van der Waals surface area contributed by atoms with Crippen LogP contribution in [-0.2, 0) is 11.3 Å². The van der Waals surface area contributed by atoms with E-state index in [-0.39, 0.29) is 5.82 Å². The van der Waals surface area contributed by atoms with Crippen LogP contribution in [0, 0.1) is 5.82 Å². The molecule has 0 bridgehead atoms. The Morgan fingerprint density at radius 2 is 2.00 bits per heavy atom. The molecule has 0 spiro atoms. The Hall–Kier alpha value is -2.99. The zero-order valence-corrected chi connectivity index (χ0v) is 12.9. The fraction of sp³-hybridized carbons (Fsp3) is 0.111. The summed E-state index contributed by atoms with van der Waals surface area (Å²) in [6, 6.07) is 11.8. The molecular weight excluding hydrogens is 309 g/mol. The molecule has 4 aromatic rings. The highest BCUT2D eigenvalue weighted by Crippen LogP contribution is 2.31. The van der Waals surface area contributed by atoms with Crippen molar-refractivity contribution < 1.29 is 13.5 Å². The van der Waals surface area contributed by atoms with Gasteiger partial charge in [-0.1, -0.05) is 12.1 Å². The van der Waals surface area contributed by atoms with E-state index in [4.69, 9.17) is 9.15 Å². The van der Waals surface area contributed by atoms with Gasteiger partial charge in [0.15, 0.2) is 11.4 Å². The maximum atomic E-state index is 13.3. The highest BCUT2D eigenvalue weighted by Gasteiger charge is 2.19. The molecule has 0 saturated carbocycles. The quantitative estimate of drug-likeness (QED) is 0.571. The second-order valence-corrected chi connectivity index (χ2v) is 5.30. The molecule has 3 heterocycles. The van der Waals surface area contributed by atoms with Gasteiger partial charge in [0.05, 0.1) is 24.1 Å². The van der Waals surface area contributed by atoms with Crippen molar-refractivity contribution in [2.45, 2.75) is 6.61 Å². The fourth-order valence-electron chi connectivity index (χ4n) is 2.75. The van der Waals surface area contributed by atoms with Crippen LogP contribution in [0.5, 0.6) is 0 Å². The van der Waals surface area contributed by atoms with E-state index >= 15 is 0 Å².